The van der Waals surface area contributed by atoms with Gasteiger partial charge in [-0.15, -0.1) is 0 Å². The highest BCUT2D eigenvalue weighted by molar-refractivity contribution is 6.30. The highest BCUT2D eigenvalue weighted by atomic mass is 35.5. The van der Waals surface area contributed by atoms with Crippen molar-refractivity contribution < 1.29 is 4.79 Å². The molecule has 1 aliphatic heterocycles. The van der Waals surface area contributed by atoms with E-state index in [2.05, 4.69) is 15.4 Å². The number of nitrogens with one attached hydrogen (secondary N) is 1. The number of benzene rings is 1. The predicted molar refractivity (Wildman–Crippen MR) is 99.5 cm³/mol. The van der Waals surface area contributed by atoms with E-state index in [1.807, 2.05) is 47.4 Å². The minimum Gasteiger partial charge on any atom is -0.334 e. The zero-order chi connectivity index (χ0) is 17.9. The van der Waals surface area contributed by atoms with Crippen LogP contribution in [0.2, 0.25) is 5.02 Å². The number of carbonyl (C=O) groups excluding carboxylic acids is 1. The van der Waals surface area contributed by atoms with E-state index in [0.717, 1.165) is 12.1 Å². The SMILES string of the molecule is O=C(c1cccc(-n2cccn2)n1)N1CCNC(c2cccc(Cl)c2)C1. The number of nitrogens with zero attached hydrogens (tertiary/aromatic N) is 4. The number of pyridine rings is 1. The second-order valence-electron chi connectivity index (χ2n) is 6.14. The minimum atomic E-state index is -0.0764. The smallest absolute Gasteiger partial charge is 0.272 e. The first kappa shape index (κ1) is 16.8. The summed E-state index contributed by atoms with van der Waals surface area (Å²) < 4.78 is 1.64. The number of rotatable bonds is 3. The van der Waals surface area contributed by atoms with Gasteiger partial charge in [-0.25, -0.2) is 9.67 Å². The summed E-state index contributed by atoms with van der Waals surface area (Å²) in [7, 11) is 0. The standard InChI is InChI=1S/C19H18ClN5O/c20-15-5-1-4-14(12-15)17-13-24(11-9-21-17)19(26)16-6-2-7-18(23-16)25-10-3-8-22-25/h1-8,10,12,17,21H,9,11,13H2. The monoisotopic (exact) mass is 367 g/mol. The molecule has 3 aromatic rings. The molecule has 132 valence electrons. The lowest BCUT2D eigenvalue weighted by Gasteiger charge is -2.34. The van der Waals surface area contributed by atoms with Gasteiger partial charge in [0.15, 0.2) is 5.82 Å². The summed E-state index contributed by atoms with van der Waals surface area (Å²) in [4.78, 5) is 19.2. The average Bonchev–Trinajstić information content (AvgIpc) is 3.22. The summed E-state index contributed by atoms with van der Waals surface area (Å²) in [5, 5.41) is 8.31. The molecule has 0 bridgehead atoms. The zero-order valence-electron chi connectivity index (χ0n) is 14.0. The van der Waals surface area contributed by atoms with Crippen LogP contribution >= 0.6 is 11.6 Å². The van der Waals surface area contributed by atoms with Crippen LogP contribution in [0.5, 0.6) is 0 Å². The molecule has 1 N–H and O–H groups in total. The minimum absolute atomic E-state index is 0.0562. The molecule has 0 saturated carbocycles. The van der Waals surface area contributed by atoms with E-state index in [4.69, 9.17) is 11.6 Å². The van der Waals surface area contributed by atoms with Gasteiger partial charge < -0.3 is 10.2 Å². The van der Waals surface area contributed by atoms with E-state index in [1.54, 1.807) is 23.1 Å². The maximum Gasteiger partial charge on any atom is 0.272 e. The van der Waals surface area contributed by atoms with Crippen LogP contribution in [0.1, 0.15) is 22.1 Å². The van der Waals surface area contributed by atoms with Crippen LogP contribution in [-0.2, 0) is 0 Å². The Labute approximate surface area is 156 Å². The molecule has 1 saturated heterocycles. The van der Waals surface area contributed by atoms with Gasteiger partial charge in [-0.3, -0.25) is 4.79 Å². The molecule has 1 aromatic carbocycles. The van der Waals surface area contributed by atoms with E-state index in [0.29, 0.717) is 29.6 Å². The molecule has 0 radical (unpaired) electrons. The second kappa shape index (κ2) is 7.27. The number of hydrogen-bond donors (Lipinski definition) is 1. The van der Waals surface area contributed by atoms with Crippen molar-refractivity contribution >= 4 is 17.5 Å². The van der Waals surface area contributed by atoms with Gasteiger partial charge in [-0.05, 0) is 35.9 Å². The first-order chi connectivity index (χ1) is 12.7. The van der Waals surface area contributed by atoms with Gasteiger partial charge in [0.1, 0.15) is 5.69 Å². The van der Waals surface area contributed by atoms with E-state index in [1.165, 1.54) is 0 Å². The molecule has 2 aromatic heterocycles. The predicted octanol–water partition coefficient (Wildman–Crippen LogP) is 2.71. The molecule has 3 heterocycles. The lowest BCUT2D eigenvalue weighted by Crippen LogP contribution is -2.48. The van der Waals surface area contributed by atoms with E-state index < -0.39 is 0 Å². The number of halogens is 1. The highest BCUT2D eigenvalue weighted by Crippen LogP contribution is 2.21. The Balaban J connectivity index is 1.54. The van der Waals surface area contributed by atoms with Crippen LogP contribution in [0.25, 0.3) is 5.82 Å². The van der Waals surface area contributed by atoms with Gasteiger partial charge in [0.2, 0.25) is 0 Å². The lowest BCUT2D eigenvalue weighted by molar-refractivity contribution is 0.0697. The summed E-state index contributed by atoms with van der Waals surface area (Å²) in [6, 6.07) is 15.0. The van der Waals surface area contributed by atoms with Crippen molar-refractivity contribution in [3.8, 4) is 5.82 Å². The van der Waals surface area contributed by atoms with E-state index >= 15 is 0 Å². The van der Waals surface area contributed by atoms with Gasteiger partial charge in [0.25, 0.3) is 5.91 Å². The van der Waals surface area contributed by atoms with Crippen LogP contribution in [-0.4, -0.2) is 45.2 Å². The average molecular weight is 368 g/mol. The third-order valence-electron chi connectivity index (χ3n) is 4.41. The molecule has 0 spiro atoms. The van der Waals surface area contributed by atoms with Crippen LogP contribution in [0.15, 0.2) is 60.9 Å². The molecule has 4 rings (SSSR count). The molecule has 7 heteroatoms. The van der Waals surface area contributed by atoms with Crippen LogP contribution in [0, 0.1) is 0 Å². The molecule has 1 unspecified atom stereocenters. The summed E-state index contributed by atoms with van der Waals surface area (Å²) >= 11 is 6.10. The number of hydrogen-bond acceptors (Lipinski definition) is 4. The van der Waals surface area contributed by atoms with Crippen molar-refractivity contribution in [2.75, 3.05) is 19.6 Å². The van der Waals surface area contributed by atoms with Crippen molar-refractivity contribution in [1.29, 1.82) is 0 Å². The third kappa shape index (κ3) is 3.47. The normalized spacial score (nSPS) is 17.3. The Morgan fingerprint density at radius 2 is 2.08 bits per heavy atom. The fourth-order valence-corrected chi connectivity index (χ4v) is 3.32. The van der Waals surface area contributed by atoms with Gasteiger partial charge in [-0.1, -0.05) is 29.8 Å². The molecule has 0 aliphatic carbocycles. The van der Waals surface area contributed by atoms with Gasteiger partial charge in [-0.2, -0.15) is 5.10 Å². The maximum atomic E-state index is 12.9. The Morgan fingerprint density at radius 3 is 2.88 bits per heavy atom. The largest absolute Gasteiger partial charge is 0.334 e. The van der Waals surface area contributed by atoms with Crippen LogP contribution in [0.4, 0.5) is 0 Å². The molecule has 1 atom stereocenters. The summed E-state index contributed by atoms with van der Waals surface area (Å²) in [6.07, 6.45) is 3.48. The van der Waals surface area contributed by atoms with Crippen molar-refractivity contribution in [1.82, 2.24) is 25.0 Å². The Bertz CT molecular complexity index is 912. The molecular weight excluding hydrogens is 350 g/mol. The Kier molecular flexibility index (Phi) is 4.69. The van der Waals surface area contributed by atoms with Crippen LogP contribution < -0.4 is 5.32 Å². The Hall–Kier alpha value is -2.70. The number of piperazine rings is 1. The summed E-state index contributed by atoms with van der Waals surface area (Å²) in [5.74, 6) is 0.551. The topological polar surface area (TPSA) is 63.1 Å². The third-order valence-corrected chi connectivity index (χ3v) is 4.64. The number of aromatic nitrogens is 3. The zero-order valence-corrected chi connectivity index (χ0v) is 14.8. The van der Waals surface area contributed by atoms with E-state index in [-0.39, 0.29) is 11.9 Å². The lowest BCUT2D eigenvalue weighted by atomic mass is 10.0. The quantitative estimate of drug-likeness (QED) is 0.773. The van der Waals surface area contributed by atoms with Crippen molar-refractivity contribution in [3.63, 3.8) is 0 Å². The maximum absolute atomic E-state index is 12.9. The fraction of sp³-hybridized carbons (Fsp3) is 0.211. The number of amides is 1. The highest BCUT2D eigenvalue weighted by Gasteiger charge is 2.26. The summed E-state index contributed by atoms with van der Waals surface area (Å²) in [6.45, 7) is 1.94. The van der Waals surface area contributed by atoms with Gasteiger partial charge in [0.05, 0.1) is 6.04 Å². The van der Waals surface area contributed by atoms with Crippen molar-refractivity contribution in [2.45, 2.75) is 6.04 Å². The molecule has 1 aliphatic rings. The number of carbonyl (C=O) groups is 1. The summed E-state index contributed by atoms with van der Waals surface area (Å²) in [5.41, 5.74) is 1.50. The van der Waals surface area contributed by atoms with Crippen molar-refractivity contribution in [2.24, 2.45) is 0 Å². The fourth-order valence-electron chi connectivity index (χ4n) is 3.12. The molecule has 26 heavy (non-hydrogen) atoms. The van der Waals surface area contributed by atoms with Gasteiger partial charge in [0, 0.05) is 37.1 Å². The van der Waals surface area contributed by atoms with Gasteiger partial charge >= 0.3 is 0 Å². The molecular formula is C19H18ClN5O. The first-order valence-electron chi connectivity index (χ1n) is 8.46. The molecule has 1 fully saturated rings. The molecule has 1 amide bonds. The van der Waals surface area contributed by atoms with Crippen LogP contribution in [0.3, 0.4) is 0 Å². The van der Waals surface area contributed by atoms with E-state index in [9.17, 15) is 4.79 Å². The molecule has 6 nitrogen and oxygen atoms in total. The Morgan fingerprint density at radius 1 is 1.19 bits per heavy atom. The van der Waals surface area contributed by atoms with Crippen molar-refractivity contribution in [3.05, 3.63) is 77.2 Å². The first-order valence-corrected chi connectivity index (χ1v) is 8.84. The second-order valence-corrected chi connectivity index (χ2v) is 6.58.